The van der Waals surface area contributed by atoms with E-state index in [1.165, 1.54) is 11.3 Å². The van der Waals surface area contributed by atoms with Crippen molar-refractivity contribution in [3.8, 4) is 0 Å². The molecule has 1 heterocycles. The van der Waals surface area contributed by atoms with Crippen LogP contribution >= 0.6 is 15.9 Å². The number of hydrogen-bond donors (Lipinski definition) is 0. The Balaban J connectivity index is 2.14. The van der Waals surface area contributed by atoms with E-state index in [2.05, 4.69) is 70.0 Å². The number of pyridine rings is 1. The Morgan fingerprint density at radius 2 is 1.83 bits per heavy atom. The molecule has 0 spiro atoms. The molecule has 1 aromatic heterocycles. The van der Waals surface area contributed by atoms with E-state index in [1.807, 2.05) is 12.3 Å². The van der Waals surface area contributed by atoms with E-state index in [9.17, 15) is 0 Å². The molecule has 0 aliphatic heterocycles. The van der Waals surface area contributed by atoms with Gasteiger partial charge in [0.15, 0.2) is 0 Å². The minimum absolute atomic E-state index is 0.840. The standard InChI is InChI=1S/C15H17BrN2/c1-3-18(15-8-4-12(2)5-9-15)11-14-7-6-13(16)10-17-14/h4-10H,3,11H2,1-2H3. The zero-order chi connectivity index (χ0) is 13.0. The van der Waals surface area contributed by atoms with Gasteiger partial charge in [0.2, 0.25) is 0 Å². The van der Waals surface area contributed by atoms with Crippen molar-refractivity contribution in [2.75, 3.05) is 11.4 Å². The van der Waals surface area contributed by atoms with E-state index >= 15 is 0 Å². The summed E-state index contributed by atoms with van der Waals surface area (Å²) in [7, 11) is 0. The fraction of sp³-hybridized carbons (Fsp3) is 0.267. The zero-order valence-electron chi connectivity index (χ0n) is 10.7. The Morgan fingerprint density at radius 3 is 2.39 bits per heavy atom. The van der Waals surface area contributed by atoms with E-state index in [0.29, 0.717) is 0 Å². The van der Waals surface area contributed by atoms with Crippen molar-refractivity contribution >= 4 is 21.6 Å². The van der Waals surface area contributed by atoms with Gasteiger partial charge in [-0.2, -0.15) is 0 Å². The lowest BCUT2D eigenvalue weighted by molar-refractivity contribution is 0.809. The van der Waals surface area contributed by atoms with Crippen molar-refractivity contribution in [2.45, 2.75) is 20.4 Å². The van der Waals surface area contributed by atoms with E-state index in [1.54, 1.807) is 0 Å². The highest BCUT2D eigenvalue weighted by Gasteiger charge is 2.05. The first-order valence-electron chi connectivity index (χ1n) is 6.11. The van der Waals surface area contributed by atoms with Crippen LogP contribution < -0.4 is 4.90 Å². The molecule has 2 rings (SSSR count). The molecule has 94 valence electrons. The van der Waals surface area contributed by atoms with Gasteiger partial charge in [0.05, 0.1) is 12.2 Å². The predicted octanol–water partition coefficient (Wildman–Crippen LogP) is 4.18. The number of hydrogen-bond acceptors (Lipinski definition) is 2. The topological polar surface area (TPSA) is 16.1 Å². The lowest BCUT2D eigenvalue weighted by Crippen LogP contribution is -2.22. The Bertz CT molecular complexity index is 491. The van der Waals surface area contributed by atoms with Crippen LogP contribution in [0.15, 0.2) is 47.1 Å². The molecule has 0 atom stereocenters. The van der Waals surface area contributed by atoms with Crippen LogP contribution in [-0.2, 0) is 6.54 Å². The second-order valence-corrected chi connectivity index (χ2v) is 5.23. The summed E-state index contributed by atoms with van der Waals surface area (Å²) in [4.78, 5) is 6.74. The zero-order valence-corrected chi connectivity index (χ0v) is 12.3. The number of anilines is 1. The van der Waals surface area contributed by atoms with E-state index in [4.69, 9.17) is 0 Å². The highest BCUT2D eigenvalue weighted by Crippen LogP contribution is 2.17. The Labute approximate surface area is 117 Å². The third-order valence-corrected chi connectivity index (χ3v) is 3.39. The molecule has 0 unspecified atom stereocenters. The van der Waals surface area contributed by atoms with Crippen LogP contribution in [0.25, 0.3) is 0 Å². The summed E-state index contributed by atoms with van der Waals surface area (Å²) < 4.78 is 1.02. The van der Waals surface area contributed by atoms with Crippen molar-refractivity contribution in [3.05, 3.63) is 58.3 Å². The van der Waals surface area contributed by atoms with Gasteiger partial charge in [-0.1, -0.05) is 17.7 Å². The second-order valence-electron chi connectivity index (χ2n) is 4.32. The smallest absolute Gasteiger partial charge is 0.0601 e. The van der Waals surface area contributed by atoms with Gasteiger partial charge in [-0.15, -0.1) is 0 Å². The first kappa shape index (κ1) is 13.1. The van der Waals surface area contributed by atoms with Gasteiger partial charge in [-0.25, -0.2) is 0 Å². The van der Waals surface area contributed by atoms with Crippen molar-refractivity contribution in [1.82, 2.24) is 4.98 Å². The molecular formula is C15H17BrN2. The molecule has 0 saturated carbocycles. The van der Waals surface area contributed by atoms with Crippen LogP contribution in [0, 0.1) is 6.92 Å². The molecule has 18 heavy (non-hydrogen) atoms. The molecule has 0 fully saturated rings. The van der Waals surface area contributed by atoms with E-state index in [-0.39, 0.29) is 0 Å². The predicted molar refractivity (Wildman–Crippen MR) is 79.8 cm³/mol. The monoisotopic (exact) mass is 304 g/mol. The highest BCUT2D eigenvalue weighted by atomic mass is 79.9. The molecule has 2 aromatic rings. The van der Waals surface area contributed by atoms with Crippen LogP contribution in [0.4, 0.5) is 5.69 Å². The van der Waals surface area contributed by atoms with Gasteiger partial charge < -0.3 is 4.90 Å². The molecule has 0 saturated heterocycles. The molecule has 1 aromatic carbocycles. The Hall–Kier alpha value is -1.35. The molecule has 0 N–H and O–H groups in total. The first-order chi connectivity index (χ1) is 8.69. The van der Waals surface area contributed by atoms with Crippen molar-refractivity contribution in [2.24, 2.45) is 0 Å². The van der Waals surface area contributed by atoms with Crippen LogP contribution in [0.1, 0.15) is 18.2 Å². The molecule has 0 amide bonds. The molecule has 2 nitrogen and oxygen atoms in total. The SMILES string of the molecule is CCN(Cc1ccc(Br)cn1)c1ccc(C)cc1. The van der Waals surface area contributed by atoms with Crippen LogP contribution in [0.2, 0.25) is 0 Å². The van der Waals surface area contributed by atoms with Gasteiger partial charge in [0, 0.05) is 22.9 Å². The highest BCUT2D eigenvalue weighted by molar-refractivity contribution is 9.10. The molecular weight excluding hydrogens is 288 g/mol. The van der Waals surface area contributed by atoms with Gasteiger partial charge >= 0.3 is 0 Å². The van der Waals surface area contributed by atoms with Crippen molar-refractivity contribution in [1.29, 1.82) is 0 Å². The van der Waals surface area contributed by atoms with Gasteiger partial charge in [-0.3, -0.25) is 4.98 Å². The lowest BCUT2D eigenvalue weighted by Gasteiger charge is -2.22. The largest absolute Gasteiger partial charge is 0.366 e. The quantitative estimate of drug-likeness (QED) is 0.842. The number of rotatable bonds is 4. The number of aromatic nitrogens is 1. The maximum Gasteiger partial charge on any atom is 0.0601 e. The summed E-state index contributed by atoms with van der Waals surface area (Å²) in [6.45, 7) is 6.09. The molecule has 0 bridgehead atoms. The summed E-state index contributed by atoms with van der Waals surface area (Å²) in [5, 5.41) is 0. The van der Waals surface area contributed by atoms with Crippen LogP contribution in [0.3, 0.4) is 0 Å². The third-order valence-electron chi connectivity index (χ3n) is 2.92. The molecule has 0 aliphatic rings. The minimum atomic E-state index is 0.840. The van der Waals surface area contributed by atoms with E-state index < -0.39 is 0 Å². The average Bonchev–Trinajstić information content (AvgIpc) is 2.39. The second kappa shape index (κ2) is 6.01. The summed E-state index contributed by atoms with van der Waals surface area (Å²) in [5.41, 5.74) is 3.62. The van der Waals surface area contributed by atoms with Crippen LogP contribution in [-0.4, -0.2) is 11.5 Å². The fourth-order valence-electron chi connectivity index (χ4n) is 1.84. The molecule has 3 heteroatoms. The third kappa shape index (κ3) is 3.33. The van der Waals surface area contributed by atoms with Gasteiger partial charge in [-0.05, 0) is 54.0 Å². The van der Waals surface area contributed by atoms with Crippen molar-refractivity contribution in [3.63, 3.8) is 0 Å². The fourth-order valence-corrected chi connectivity index (χ4v) is 2.07. The number of nitrogens with zero attached hydrogens (tertiary/aromatic N) is 2. The minimum Gasteiger partial charge on any atom is -0.366 e. The Kier molecular flexibility index (Phi) is 4.37. The maximum absolute atomic E-state index is 4.42. The van der Waals surface area contributed by atoms with Gasteiger partial charge in [0.1, 0.15) is 0 Å². The molecule has 0 radical (unpaired) electrons. The summed E-state index contributed by atoms with van der Waals surface area (Å²) in [6, 6.07) is 12.7. The summed E-state index contributed by atoms with van der Waals surface area (Å²) in [6.07, 6.45) is 1.85. The normalized spacial score (nSPS) is 10.4. The number of benzene rings is 1. The first-order valence-corrected chi connectivity index (χ1v) is 6.90. The van der Waals surface area contributed by atoms with Crippen LogP contribution in [0.5, 0.6) is 0 Å². The Morgan fingerprint density at radius 1 is 1.11 bits per heavy atom. The molecule has 0 aliphatic carbocycles. The van der Waals surface area contributed by atoms with Crippen molar-refractivity contribution < 1.29 is 0 Å². The number of halogens is 1. The summed E-state index contributed by atoms with van der Waals surface area (Å²) in [5.74, 6) is 0. The lowest BCUT2D eigenvalue weighted by atomic mass is 10.2. The maximum atomic E-state index is 4.42. The van der Waals surface area contributed by atoms with E-state index in [0.717, 1.165) is 23.3 Å². The number of aryl methyl sites for hydroxylation is 1. The van der Waals surface area contributed by atoms with Gasteiger partial charge in [0.25, 0.3) is 0 Å². The summed E-state index contributed by atoms with van der Waals surface area (Å²) >= 11 is 3.41. The average molecular weight is 305 g/mol.